The Morgan fingerprint density at radius 1 is 1.53 bits per heavy atom. The predicted molar refractivity (Wildman–Crippen MR) is 66.5 cm³/mol. The van der Waals surface area contributed by atoms with E-state index in [1.807, 2.05) is 0 Å². The molecule has 5 heteroatoms. The van der Waals surface area contributed by atoms with Crippen molar-refractivity contribution in [3.8, 4) is 5.75 Å². The molecule has 1 aromatic rings. The molecule has 0 spiro atoms. The Kier molecular flexibility index (Phi) is 5.83. The molecule has 1 rings (SSSR count). The third-order valence-electron chi connectivity index (χ3n) is 2.07. The van der Waals surface area contributed by atoms with Gasteiger partial charge in [-0.05, 0) is 36.1 Å². The van der Waals surface area contributed by atoms with Crippen LogP contribution >= 0.6 is 11.8 Å². The average Bonchev–Trinajstić information content (AvgIpc) is 2.30. The van der Waals surface area contributed by atoms with Crippen LogP contribution in [0.3, 0.4) is 0 Å². The van der Waals surface area contributed by atoms with Crippen LogP contribution in [0.15, 0.2) is 18.2 Å². The molecule has 0 atom stereocenters. The molecule has 17 heavy (non-hydrogen) atoms. The Labute approximate surface area is 104 Å². The van der Waals surface area contributed by atoms with E-state index in [0.717, 1.165) is 24.0 Å². The molecule has 0 saturated heterocycles. The van der Waals surface area contributed by atoms with Gasteiger partial charge in [0.25, 0.3) is 0 Å². The van der Waals surface area contributed by atoms with Gasteiger partial charge in [0, 0.05) is 0 Å². The molecule has 0 bridgehead atoms. The van der Waals surface area contributed by atoms with Crippen molar-refractivity contribution in [2.24, 2.45) is 0 Å². The van der Waals surface area contributed by atoms with Gasteiger partial charge in [-0.15, -0.1) is 0 Å². The molecule has 0 saturated carbocycles. The zero-order valence-corrected chi connectivity index (χ0v) is 10.4. The first-order valence-corrected chi connectivity index (χ1v) is 6.54. The summed E-state index contributed by atoms with van der Waals surface area (Å²) in [5, 5.41) is 8.66. The summed E-state index contributed by atoms with van der Waals surface area (Å²) in [6.07, 6.45) is 0.846. The van der Waals surface area contributed by atoms with Gasteiger partial charge in [0.1, 0.15) is 0 Å². The molecule has 0 aliphatic carbocycles. The fourth-order valence-electron chi connectivity index (χ4n) is 1.24. The Hall–Kier alpha value is -1.23. The monoisotopic (exact) mass is 258 g/mol. The maximum absolute atomic E-state index is 13.4. The smallest absolute Gasteiger partial charge is 0.335 e. The summed E-state index contributed by atoms with van der Waals surface area (Å²) in [5.74, 6) is 0.367. The normalized spacial score (nSPS) is 10.2. The maximum atomic E-state index is 13.4. The van der Waals surface area contributed by atoms with Crippen LogP contribution in [0.5, 0.6) is 5.75 Å². The molecular weight excluding hydrogens is 243 g/mol. The van der Waals surface area contributed by atoms with Gasteiger partial charge in [-0.2, -0.15) is 11.8 Å². The molecular formula is C12H15FO3S. The minimum absolute atomic E-state index is 0.0728. The van der Waals surface area contributed by atoms with Gasteiger partial charge in [-0.1, -0.05) is 6.92 Å². The van der Waals surface area contributed by atoms with E-state index in [1.165, 1.54) is 12.1 Å². The number of hydrogen-bond donors (Lipinski definition) is 1. The highest BCUT2D eigenvalue weighted by atomic mass is 32.2. The minimum atomic E-state index is -1.14. The molecule has 94 valence electrons. The summed E-state index contributed by atoms with van der Waals surface area (Å²) in [5.41, 5.74) is -0.0728. The largest absolute Gasteiger partial charge is 0.490 e. The zero-order chi connectivity index (χ0) is 12.7. The number of carboxylic acids is 1. The van der Waals surface area contributed by atoms with Crippen LogP contribution in [-0.2, 0) is 0 Å². The highest BCUT2D eigenvalue weighted by Crippen LogP contribution is 2.18. The van der Waals surface area contributed by atoms with Crippen LogP contribution in [0.1, 0.15) is 23.7 Å². The van der Waals surface area contributed by atoms with E-state index in [1.54, 1.807) is 11.8 Å². The minimum Gasteiger partial charge on any atom is -0.490 e. The van der Waals surface area contributed by atoms with E-state index in [0.29, 0.717) is 6.61 Å². The number of rotatable bonds is 7. The molecule has 0 amide bonds. The number of ether oxygens (including phenoxy) is 1. The fraction of sp³-hybridized carbons (Fsp3) is 0.417. The van der Waals surface area contributed by atoms with Crippen molar-refractivity contribution >= 4 is 17.7 Å². The van der Waals surface area contributed by atoms with Gasteiger partial charge in [-0.25, -0.2) is 9.18 Å². The summed E-state index contributed by atoms with van der Waals surface area (Å²) in [6.45, 7) is 2.52. The SMILES string of the molecule is CCSCCCOc1ccc(C(=O)O)cc1F. The van der Waals surface area contributed by atoms with Gasteiger partial charge < -0.3 is 9.84 Å². The lowest BCUT2D eigenvalue weighted by molar-refractivity contribution is 0.0696. The van der Waals surface area contributed by atoms with Crippen molar-refractivity contribution in [3.63, 3.8) is 0 Å². The third kappa shape index (κ3) is 4.65. The van der Waals surface area contributed by atoms with Crippen LogP contribution in [-0.4, -0.2) is 29.2 Å². The molecule has 0 heterocycles. The molecule has 0 aliphatic rings. The first-order chi connectivity index (χ1) is 8.15. The number of carboxylic acid groups (broad SMARTS) is 1. The van der Waals surface area contributed by atoms with E-state index in [2.05, 4.69) is 6.92 Å². The lowest BCUT2D eigenvalue weighted by Gasteiger charge is -2.07. The molecule has 1 N–H and O–H groups in total. The van der Waals surface area contributed by atoms with Gasteiger partial charge >= 0.3 is 5.97 Å². The van der Waals surface area contributed by atoms with Crippen LogP contribution in [0.2, 0.25) is 0 Å². The number of hydrogen-bond acceptors (Lipinski definition) is 3. The zero-order valence-electron chi connectivity index (χ0n) is 9.61. The molecule has 0 aromatic heterocycles. The maximum Gasteiger partial charge on any atom is 0.335 e. The quantitative estimate of drug-likeness (QED) is 0.764. The van der Waals surface area contributed by atoms with Crippen molar-refractivity contribution in [1.82, 2.24) is 0 Å². The first-order valence-electron chi connectivity index (χ1n) is 5.38. The van der Waals surface area contributed by atoms with E-state index >= 15 is 0 Å². The molecule has 0 radical (unpaired) electrons. The molecule has 0 aliphatic heterocycles. The topological polar surface area (TPSA) is 46.5 Å². The number of carbonyl (C=O) groups is 1. The van der Waals surface area contributed by atoms with Gasteiger partial charge in [-0.3, -0.25) is 0 Å². The highest BCUT2D eigenvalue weighted by molar-refractivity contribution is 7.99. The Morgan fingerprint density at radius 3 is 2.88 bits per heavy atom. The van der Waals surface area contributed by atoms with Gasteiger partial charge in [0.05, 0.1) is 12.2 Å². The lowest BCUT2D eigenvalue weighted by Crippen LogP contribution is -2.02. The number of halogens is 1. The Morgan fingerprint density at radius 2 is 2.29 bits per heavy atom. The molecule has 0 fully saturated rings. The summed E-state index contributed by atoms with van der Waals surface area (Å²) >= 11 is 1.80. The number of benzene rings is 1. The van der Waals surface area contributed by atoms with Crippen LogP contribution in [0.25, 0.3) is 0 Å². The summed E-state index contributed by atoms with van der Waals surface area (Å²) < 4.78 is 18.6. The van der Waals surface area contributed by atoms with Gasteiger partial charge in [0.2, 0.25) is 0 Å². The van der Waals surface area contributed by atoms with Crippen LogP contribution < -0.4 is 4.74 Å². The Bertz CT molecular complexity index is 382. The van der Waals surface area contributed by atoms with E-state index < -0.39 is 11.8 Å². The van der Waals surface area contributed by atoms with Crippen molar-refractivity contribution < 1.29 is 19.0 Å². The van der Waals surface area contributed by atoms with Crippen LogP contribution in [0, 0.1) is 5.82 Å². The second-order valence-electron chi connectivity index (χ2n) is 3.35. The van der Waals surface area contributed by atoms with Crippen molar-refractivity contribution in [3.05, 3.63) is 29.6 Å². The lowest BCUT2D eigenvalue weighted by atomic mass is 10.2. The molecule has 0 unspecified atom stereocenters. The summed E-state index contributed by atoms with van der Waals surface area (Å²) in [7, 11) is 0. The fourth-order valence-corrected chi connectivity index (χ4v) is 1.85. The Balaban J connectivity index is 2.46. The van der Waals surface area contributed by atoms with Crippen LogP contribution in [0.4, 0.5) is 4.39 Å². The van der Waals surface area contributed by atoms with Gasteiger partial charge in [0.15, 0.2) is 11.6 Å². The third-order valence-corrected chi connectivity index (χ3v) is 3.06. The second kappa shape index (κ2) is 7.17. The standard InChI is InChI=1S/C12H15FO3S/c1-2-17-7-3-6-16-11-5-4-9(12(14)15)8-10(11)13/h4-5,8H,2-3,6-7H2,1H3,(H,14,15). The second-order valence-corrected chi connectivity index (χ2v) is 4.74. The van der Waals surface area contributed by atoms with Crippen molar-refractivity contribution in [2.45, 2.75) is 13.3 Å². The molecule has 1 aromatic carbocycles. The highest BCUT2D eigenvalue weighted by Gasteiger charge is 2.08. The average molecular weight is 258 g/mol. The van der Waals surface area contributed by atoms with Crippen molar-refractivity contribution in [2.75, 3.05) is 18.1 Å². The van der Waals surface area contributed by atoms with E-state index in [-0.39, 0.29) is 11.3 Å². The summed E-state index contributed by atoms with van der Waals surface area (Å²) in [4.78, 5) is 10.6. The summed E-state index contributed by atoms with van der Waals surface area (Å²) in [6, 6.07) is 3.66. The predicted octanol–water partition coefficient (Wildman–Crippen LogP) is 3.05. The number of thioether (sulfide) groups is 1. The molecule has 3 nitrogen and oxygen atoms in total. The van der Waals surface area contributed by atoms with E-state index in [9.17, 15) is 9.18 Å². The number of aromatic carboxylic acids is 1. The van der Waals surface area contributed by atoms with Crippen molar-refractivity contribution in [1.29, 1.82) is 0 Å². The van der Waals surface area contributed by atoms with E-state index in [4.69, 9.17) is 9.84 Å². The first kappa shape index (κ1) is 13.8.